The number of hydrogen-bond acceptors (Lipinski definition) is 4. The maximum atomic E-state index is 11.8. The van der Waals surface area contributed by atoms with Crippen LogP contribution in [0.5, 0.6) is 5.75 Å². The Bertz CT molecular complexity index is 644. The van der Waals surface area contributed by atoms with Crippen molar-refractivity contribution in [2.75, 3.05) is 7.11 Å². The highest BCUT2D eigenvalue weighted by molar-refractivity contribution is 5.90. The van der Waals surface area contributed by atoms with Gasteiger partial charge in [-0.15, -0.1) is 5.10 Å². The van der Waals surface area contributed by atoms with E-state index in [0.717, 1.165) is 10.2 Å². The Morgan fingerprint density at radius 3 is 2.84 bits per heavy atom. The molecule has 0 fully saturated rings. The van der Waals surface area contributed by atoms with Gasteiger partial charge in [0.1, 0.15) is 5.75 Å². The van der Waals surface area contributed by atoms with Gasteiger partial charge in [0.15, 0.2) is 0 Å². The van der Waals surface area contributed by atoms with Crippen molar-refractivity contribution in [2.24, 2.45) is 7.05 Å². The van der Waals surface area contributed by atoms with Crippen molar-refractivity contribution in [3.8, 4) is 5.75 Å². The zero-order valence-electron chi connectivity index (χ0n) is 10.6. The zero-order chi connectivity index (χ0) is 13.8. The molecule has 1 amide bonds. The van der Waals surface area contributed by atoms with Gasteiger partial charge >= 0.3 is 5.69 Å². The monoisotopic (exact) mass is 262 g/mol. The van der Waals surface area contributed by atoms with Gasteiger partial charge in [0, 0.05) is 19.2 Å². The lowest BCUT2D eigenvalue weighted by Gasteiger charge is -2.08. The standard InChI is InChI=1S/C12H14N4O3/c1-16-12(18)14-10(15-16)11(17)13-7-8-5-3-4-6-9(8)19-2/h3-6H,7H2,1-2H3,(H,13,17)(H,14,15,18). The van der Waals surface area contributed by atoms with E-state index in [1.807, 2.05) is 24.3 Å². The van der Waals surface area contributed by atoms with Crippen molar-refractivity contribution >= 4 is 5.91 Å². The van der Waals surface area contributed by atoms with E-state index in [2.05, 4.69) is 15.4 Å². The third-order valence-electron chi connectivity index (χ3n) is 2.62. The molecule has 0 saturated heterocycles. The molecule has 2 N–H and O–H groups in total. The fraction of sp³-hybridized carbons (Fsp3) is 0.250. The number of nitrogens with one attached hydrogen (secondary N) is 2. The predicted octanol–water partition coefficient (Wildman–Crippen LogP) is 0.0470. The molecule has 0 atom stereocenters. The van der Waals surface area contributed by atoms with Gasteiger partial charge in [0.2, 0.25) is 5.82 Å². The van der Waals surface area contributed by atoms with Gasteiger partial charge in [-0.1, -0.05) is 18.2 Å². The van der Waals surface area contributed by atoms with Crippen LogP contribution in [0.2, 0.25) is 0 Å². The second kappa shape index (κ2) is 5.38. The summed E-state index contributed by atoms with van der Waals surface area (Å²) in [6.45, 7) is 0.293. The summed E-state index contributed by atoms with van der Waals surface area (Å²) in [6.07, 6.45) is 0. The Labute approximate surface area is 109 Å². The molecule has 7 heteroatoms. The molecular formula is C12H14N4O3. The summed E-state index contributed by atoms with van der Waals surface area (Å²) >= 11 is 0. The van der Waals surface area contributed by atoms with Crippen molar-refractivity contribution in [3.05, 3.63) is 46.1 Å². The second-order valence-electron chi connectivity index (χ2n) is 3.90. The summed E-state index contributed by atoms with van der Waals surface area (Å²) in [4.78, 5) is 25.3. The SMILES string of the molecule is COc1ccccc1CNC(=O)c1nn(C)c(=O)[nH]1. The van der Waals surface area contributed by atoms with Crippen molar-refractivity contribution in [1.82, 2.24) is 20.1 Å². The Morgan fingerprint density at radius 1 is 1.47 bits per heavy atom. The van der Waals surface area contributed by atoms with Crippen molar-refractivity contribution in [3.63, 3.8) is 0 Å². The van der Waals surface area contributed by atoms with E-state index in [0.29, 0.717) is 12.3 Å². The number of aryl methyl sites for hydroxylation is 1. The molecular weight excluding hydrogens is 248 g/mol. The maximum absolute atomic E-state index is 11.8. The van der Waals surface area contributed by atoms with E-state index in [1.165, 1.54) is 7.05 Å². The molecule has 2 aromatic rings. The molecule has 0 aliphatic heterocycles. The molecule has 1 aromatic heterocycles. The number of ether oxygens (including phenoxy) is 1. The number of hydrogen-bond donors (Lipinski definition) is 2. The van der Waals surface area contributed by atoms with E-state index in [4.69, 9.17) is 4.74 Å². The quantitative estimate of drug-likeness (QED) is 0.814. The average Bonchev–Trinajstić information content (AvgIpc) is 2.76. The number of aromatic amines is 1. The predicted molar refractivity (Wildman–Crippen MR) is 68.0 cm³/mol. The smallest absolute Gasteiger partial charge is 0.343 e. The molecule has 0 aliphatic rings. The summed E-state index contributed by atoms with van der Waals surface area (Å²) in [6, 6.07) is 7.36. The number of aromatic nitrogens is 3. The van der Waals surface area contributed by atoms with Crippen molar-refractivity contribution < 1.29 is 9.53 Å². The first-order valence-corrected chi connectivity index (χ1v) is 5.65. The zero-order valence-corrected chi connectivity index (χ0v) is 10.6. The van der Waals surface area contributed by atoms with Crippen LogP contribution in [0.15, 0.2) is 29.1 Å². The highest BCUT2D eigenvalue weighted by Gasteiger charge is 2.12. The lowest BCUT2D eigenvalue weighted by atomic mass is 10.2. The minimum Gasteiger partial charge on any atom is -0.496 e. The normalized spacial score (nSPS) is 10.2. The van der Waals surface area contributed by atoms with Crippen LogP contribution in [-0.4, -0.2) is 27.8 Å². The van der Waals surface area contributed by atoms with Crippen LogP contribution in [0, 0.1) is 0 Å². The molecule has 7 nitrogen and oxygen atoms in total. The van der Waals surface area contributed by atoms with Gasteiger partial charge in [-0.2, -0.15) is 0 Å². The molecule has 0 radical (unpaired) electrons. The van der Waals surface area contributed by atoms with E-state index in [-0.39, 0.29) is 5.82 Å². The summed E-state index contributed by atoms with van der Waals surface area (Å²) in [5, 5.41) is 6.44. The summed E-state index contributed by atoms with van der Waals surface area (Å²) < 4.78 is 6.25. The third-order valence-corrected chi connectivity index (χ3v) is 2.62. The van der Waals surface area contributed by atoms with Crippen LogP contribution in [0.25, 0.3) is 0 Å². The van der Waals surface area contributed by atoms with Crippen LogP contribution >= 0.6 is 0 Å². The van der Waals surface area contributed by atoms with Gasteiger partial charge in [0.25, 0.3) is 5.91 Å². The first kappa shape index (κ1) is 12.9. The summed E-state index contributed by atoms with van der Waals surface area (Å²) in [5.41, 5.74) is 0.416. The fourth-order valence-corrected chi connectivity index (χ4v) is 1.61. The Morgan fingerprint density at radius 2 is 2.21 bits per heavy atom. The first-order valence-electron chi connectivity index (χ1n) is 5.65. The summed E-state index contributed by atoms with van der Waals surface area (Å²) in [5.74, 6) is 0.239. The number of amides is 1. The molecule has 19 heavy (non-hydrogen) atoms. The molecule has 1 aromatic carbocycles. The Hall–Kier alpha value is -2.57. The number of carbonyl (C=O) groups is 1. The van der Waals surface area contributed by atoms with Crippen LogP contribution < -0.4 is 15.7 Å². The van der Waals surface area contributed by atoms with Crippen molar-refractivity contribution in [2.45, 2.75) is 6.54 Å². The van der Waals surface area contributed by atoms with E-state index >= 15 is 0 Å². The van der Waals surface area contributed by atoms with E-state index in [9.17, 15) is 9.59 Å². The highest BCUT2D eigenvalue weighted by atomic mass is 16.5. The Balaban J connectivity index is 2.06. The molecule has 2 rings (SSSR count). The van der Waals surface area contributed by atoms with Crippen LogP contribution in [-0.2, 0) is 13.6 Å². The number of para-hydroxylation sites is 1. The van der Waals surface area contributed by atoms with Gasteiger partial charge in [-0.25, -0.2) is 9.48 Å². The number of benzene rings is 1. The number of nitrogens with zero attached hydrogens (tertiary/aromatic N) is 2. The molecule has 100 valence electrons. The molecule has 0 spiro atoms. The third kappa shape index (κ3) is 2.82. The van der Waals surface area contributed by atoms with Gasteiger partial charge in [-0.05, 0) is 6.07 Å². The first-order chi connectivity index (χ1) is 9.11. The minimum absolute atomic E-state index is 0.0117. The average molecular weight is 262 g/mol. The fourth-order valence-electron chi connectivity index (χ4n) is 1.61. The van der Waals surface area contributed by atoms with Gasteiger partial charge < -0.3 is 10.1 Å². The number of methoxy groups -OCH3 is 1. The van der Waals surface area contributed by atoms with Gasteiger partial charge in [-0.3, -0.25) is 9.78 Å². The number of H-pyrrole nitrogens is 1. The largest absolute Gasteiger partial charge is 0.496 e. The second-order valence-corrected chi connectivity index (χ2v) is 3.90. The number of rotatable bonds is 4. The van der Waals surface area contributed by atoms with Crippen molar-refractivity contribution in [1.29, 1.82) is 0 Å². The Kier molecular flexibility index (Phi) is 3.65. The topological polar surface area (TPSA) is 89.0 Å². The van der Waals surface area contributed by atoms with Crippen LogP contribution in [0.4, 0.5) is 0 Å². The van der Waals surface area contributed by atoms with E-state index in [1.54, 1.807) is 7.11 Å². The van der Waals surface area contributed by atoms with Crippen LogP contribution in [0.3, 0.4) is 0 Å². The molecule has 0 saturated carbocycles. The summed E-state index contributed by atoms with van der Waals surface area (Å²) in [7, 11) is 3.03. The maximum Gasteiger partial charge on any atom is 0.343 e. The number of carbonyl (C=O) groups excluding carboxylic acids is 1. The molecule has 0 bridgehead atoms. The minimum atomic E-state index is -0.441. The van der Waals surface area contributed by atoms with Gasteiger partial charge in [0.05, 0.1) is 7.11 Å². The lowest BCUT2D eigenvalue weighted by molar-refractivity contribution is 0.0940. The molecule has 0 aliphatic carbocycles. The molecule has 0 unspecified atom stereocenters. The van der Waals surface area contributed by atoms with E-state index < -0.39 is 11.6 Å². The van der Waals surface area contributed by atoms with Crippen LogP contribution in [0.1, 0.15) is 16.2 Å². The highest BCUT2D eigenvalue weighted by Crippen LogP contribution is 2.16. The lowest BCUT2D eigenvalue weighted by Crippen LogP contribution is -2.24. The molecule has 1 heterocycles.